The molecule has 2 aliphatic rings. The maximum absolute atomic E-state index is 5.80. The minimum Gasteiger partial charge on any atom is -0.327 e. The van der Waals surface area contributed by atoms with E-state index in [2.05, 4.69) is 11.9 Å². The van der Waals surface area contributed by atoms with Crippen LogP contribution in [0.25, 0.3) is 0 Å². The molecular weight excluding hydrogens is 112 g/mol. The second-order valence-corrected chi connectivity index (χ2v) is 3.66. The van der Waals surface area contributed by atoms with Gasteiger partial charge in [0.05, 0.1) is 0 Å². The quantitative estimate of drug-likeness (QED) is 0.496. The molecule has 52 valence electrons. The molecule has 9 heavy (non-hydrogen) atoms. The summed E-state index contributed by atoms with van der Waals surface area (Å²) < 4.78 is 0. The molecule has 0 radical (unpaired) electrons. The minimum absolute atomic E-state index is 0.530. The monoisotopic (exact) mass is 126 g/mol. The fraction of sp³-hybridized carbons (Fsp3) is 1.00. The lowest BCUT2D eigenvalue weighted by atomic mass is 10.1. The van der Waals surface area contributed by atoms with E-state index in [1.54, 1.807) is 0 Å². The van der Waals surface area contributed by atoms with Crippen LogP contribution in [-0.2, 0) is 0 Å². The van der Waals surface area contributed by atoms with Crippen molar-refractivity contribution in [2.75, 3.05) is 20.1 Å². The van der Waals surface area contributed by atoms with Crippen molar-refractivity contribution in [3.05, 3.63) is 0 Å². The SMILES string of the molecule is CN1CC[C@@]2(C[C@@H]2N)C1. The second-order valence-electron chi connectivity index (χ2n) is 3.66. The molecule has 0 aromatic carbocycles. The first-order chi connectivity index (χ1) is 4.23. The van der Waals surface area contributed by atoms with Crippen molar-refractivity contribution in [2.24, 2.45) is 11.1 Å². The molecule has 0 aromatic heterocycles. The summed E-state index contributed by atoms with van der Waals surface area (Å²) in [7, 11) is 2.18. The lowest BCUT2D eigenvalue weighted by molar-refractivity contribution is 0.385. The highest BCUT2D eigenvalue weighted by Crippen LogP contribution is 2.50. The van der Waals surface area contributed by atoms with Gasteiger partial charge in [-0.05, 0) is 26.4 Å². The van der Waals surface area contributed by atoms with Gasteiger partial charge in [-0.1, -0.05) is 0 Å². The summed E-state index contributed by atoms with van der Waals surface area (Å²) >= 11 is 0. The Hall–Kier alpha value is -0.0800. The lowest BCUT2D eigenvalue weighted by Crippen LogP contribution is -2.19. The third-order valence-electron chi connectivity index (χ3n) is 2.83. The zero-order valence-corrected chi connectivity index (χ0v) is 5.93. The zero-order chi connectivity index (χ0) is 6.48. The Balaban J connectivity index is 2.03. The first-order valence-electron chi connectivity index (χ1n) is 3.67. The van der Waals surface area contributed by atoms with E-state index in [0.717, 1.165) is 0 Å². The smallest absolute Gasteiger partial charge is 0.0115 e. The highest BCUT2D eigenvalue weighted by atomic mass is 15.2. The van der Waals surface area contributed by atoms with Gasteiger partial charge in [-0.25, -0.2) is 0 Å². The fourth-order valence-electron chi connectivity index (χ4n) is 1.96. The molecule has 0 unspecified atom stereocenters. The van der Waals surface area contributed by atoms with E-state index in [9.17, 15) is 0 Å². The van der Waals surface area contributed by atoms with E-state index < -0.39 is 0 Å². The third kappa shape index (κ3) is 0.700. The molecule has 0 bridgehead atoms. The van der Waals surface area contributed by atoms with Gasteiger partial charge in [0.25, 0.3) is 0 Å². The summed E-state index contributed by atoms with van der Waals surface area (Å²) in [6, 6.07) is 0.530. The molecule has 1 saturated carbocycles. The van der Waals surface area contributed by atoms with E-state index in [1.165, 1.54) is 25.9 Å². The summed E-state index contributed by atoms with van der Waals surface area (Å²) in [5, 5.41) is 0. The first kappa shape index (κ1) is 5.69. The van der Waals surface area contributed by atoms with Crippen molar-refractivity contribution in [1.82, 2.24) is 4.90 Å². The van der Waals surface area contributed by atoms with Crippen LogP contribution in [0.15, 0.2) is 0 Å². The van der Waals surface area contributed by atoms with Gasteiger partial charge in [0, 0.05) is 18.0 Å². The Bertz CT molecular complexity index is 133. The zero-order valence-electron chi connectivity index (χ0n) is 5.93. The van der Waals surface area contributed by atoms with Crippen LogP contribution in [0.3, 0.4) is 0 Å². The first-order valence-corrected chi connectivity index (χ1v) is 3.67. The van der Waals surface area contributed by atoms with Crippen LogP contribution in [0.4, 0.5) is 0 Å². The average Bonchev–Trinajstić information content (AvgIpc) is 2.17. The molecule has 2 nitrogen and oxygen atoms in total. The van der Waals surface area contributed by atoms with Crippen molar-refractivity contribution >= 4 is 0 Å². The fourth-order valence-corrected chi connectivity index (χ4v) is 1.96. The van der Waals surface area contributed by atoms with Gasteiger partial charge >= 0.3 is 0 Å². The van der Waals surface area contributed by atoms with Crippen molar-refractivity contribution < 1.29 is 0 Å². The molecule has 1 saturated heterocycles. The van der Waals surface area contributed by atoms with Crippen LogP contribution < -0.4 is 5.73 Å². The minimum atomic E-state index is 0.530. The molecule has 2 atom stereocenters. The van der Waals surface area contributed by atoms with Crippen LogP contribution in [-0.4, -0.2) is 31.1 Å². The second kappa shape index (κ2) is 1.50. The number of nitrogens with two attached hydrogens (primary N) is 1. The van der Waals surface area contributed by atoms with Crippen LogP contribution in [0.1, 0.15) is 12.8 Å². The van der Waals surface area contributed by atoms with Gasteiger partial charge in [-0.3, -0.25) is 0 Å². The Morgan fingerprint density at radius 2 is 2.33 bits per heavy atom. The molecule has 1 aliphatic heterocycles. The molecule has 0 amide bonds. The Labute approximate surface area is 56.0 Å². The van der Waals surface area contributed by atoms with Gasteiger partial charge in [-0.2, -0.15) is 0 Å². The summed E-state index contributed by atoms with van der Waals surface area (Å²) in [5.41, 5.74) is 6.38. The van der Waals surface area contributed by atoms with Crippen LogP contribution in [0, 0.1) is 5.41 Å². The summed E-state index contributed by atoms with van der Waals surface area (Å²) in [4.78, 5) is 2.38. The molecule has 2 heteroatoms. The van der Waals surface area contributed by atoms with Gasteiger partial charge < -0.3 is 10.6 Å². The molecule has 2 rings (SSSR count). The molecule has 1 heterocycles. The number of hydrogen-bond acceptors (Lipinski definition) is 2. The molecule has 1 aliphatic carbocycles. The largest absolute Gasteiger partial charge is 0.327 e. The van der Waals surface area contributed by atoms with Crippen molar-refractivity contribution in [1.29, 1.82) is 0 Å². The molecule has 2 fully saturated rings. The Kier molecular flexibility index (Phi) is 0.945. The van der Waals surface area contributed by atoms with Crippen molar-refractivity contribution in [3.8, 4) is 0 Å². The Morgan fingerprint density at radius 3 is 2.56 bits per heavy atom. The summed E-state index contributed by atoms with van der Waals surface area (Å²) in [6.07, 6.45) is 2.61. The molecule has 2 N–H and O–H groups in total. The van der Waals surface area contributed by atoms with Crippen LogP contribution >= 0.6 is 0 Å². The van der Waals surface area contributed by atoms with Gasteiger partial charge in [0.1, 0.15) is 0 Å². The van der Waals surface area contributed by atoms with Gasteiger partial charge in [-0.15, -0.1) is 0 Å². The predicted molar refractivity (Wildman–Crippen MR) is 37.1 cm³/mol. The highest BCUT2D eigenvalue weighted by molar-refractivity contribution is 5.10. The van der Waals surface area contributed by atoms with E-state index >= 15 is 0 Å². The summed E-state index contributed by atoms with van der Waals surface area (Å²) in [5.74, 6) is 0. The molecule has 1 spiro atoms. The standard InChI is InChI=1S/C7H14N2/c1-9-3-2-7(5-9)4-6(7)8/h6H,2-5,8H2,1H3/t6-,7+/m0/s1. The molecular formula is C7H14N2. The highest BCUT2D eigenvalue weighted by Gasteiger charge is 2.54. The number of nitrogens with zero attached hydrogens (tertiary/aromatic N) is 1. The van der Waals surface area contributed by atoms with Crippen molar-refractivity contribution in [2.45, 2.75) is 18.9 Å². The van der Waals surface area contributed by atoms with Crippen LogP contribution in [0.2, 0.25) is 0 Å². The normalized spacial score (nSPS) is 50.7. The maximum Gasteiger partial charge on any atom is 0.0115 e. The number of hydrogen-bond donors (Lipinski definition) is 1. The van der Waals surface area contributed by atoms with Crippen molar-refractivity contribution in [3.63, 3.8) is 0 Å². The van der Waals surface area contributed by atoms with E-state index in [0.29, 0.717) is 11.5 Å². The Morgan fingerprint density at radius 1 is 1.67 bits per heavy atom. The van der Waals surface area contributed by atoms with E-state index in [-0.39, 0.29) is 0 Å². The number of likely N-dealkylation sites (tertiary alicyclic amines) is 1. The predicted octanol–water partition coefficient (Wildman–Crippen LogP) is 0.0393. The van der Waals surface area contributed by atoms with Crippen LogP contribution in [0.5, 0.6) is 0 Å². The topological polar surface area (TPSA) is 29.3 Å². The summed E-state index contributed by atoms with van der Waals surface area (Å²) in [6.45, 7) is 2.50. The lowest BCUT2D eigenvalue weighted by Gasteiger charge is -2.06. The maximum atomic E-state index is 5.80. The van der Waals surface area contributed by atoms with E-state index in [4.69, 9.17) is 5.73 Å². The van der Waals surface area contributed by atoms with Gasteiger partial charge in [0.15, 0.2) is 0 Å². The molecule has 0 aromatic rings. The average molecular weight is 126 g/mol. The van der Waals surface area contributed by atoms with E-state index in [1.807, 2.05) is 0 Å². The number of rotatable bonds is 0. The third-order valence-corrected chi connectivity index (χ3v) is 2.83. The van der Waals surface area contributed by atoms with Gasteiger partial charge in [0.2, 0.25) is 0 Å².